The molecule has 1 fully saturated rings. The number of carbonyl (C=O) groups is 1. The molecule has 1 saturated heterocycles. The molecule has 10 nitrogen and oxygen atoms in total. The number of nitro groups is 1. The van der Waals surface area contributed by atoms with E-state index in [0.717, 1.165) is 17.0 Å². The Morgan fingerprint density at radius 3 is 2.70 bits per heavy atom. The van der Waals surface area contributed by atoms with Crippen LogP contribution in [-0.2, 0) is 21.2 Å². The molecule has 1 unspecified atom stereocenters. The molecular weight excluding hydrogens is 412 g/mol. The maximum absolute atomic E-state index is 12.5. The van der Waals surface area contributed by atoms with Gasteiger partial charge in [-0.3, -0.25) is 19.6 Å². The van der Waals surface area contributed by atoms with Crippen molar-refractivity contribution in [2.75, 3.05) is 25.2 Å². The maximum Gasteiger partial charge on any atom is 0.310 e. The summed E-state index contributed by atoms with van der Waals surface area (Å²) in [6, 6.07) is 5.69. The summed E-state index contributed by atoms with van der Waals surface area (Å²) in [5.74, 6) is -0.0745. The fraction of sp³-hybridized carbons (Fsp3) is 0.474. The summed E-state index contributed by atoms with van der Waals surface area (Å²) in [6.45, 7) is 3.62. The highest BCUT2D eigenvalue weighted by Crippen LogP contribution is 2.28. The Balaban J connectivity index is 1.67. The highest BCUT2D eigenvalue weighted by Gasteiger charge is 2.31. The van der Waals surface area contributed by atoms with Gasteiger partial charge in [0.2, 0.25) is 0 Å². The van der Waals surface area contributed by atoms with Gasteiger partial charge in [0, 0.05) is 30.9 Å². The number of para-hydroxylation sites is 2. The van der Waals surface area contributed by atoms with E-state index >= 15 is 0 Å². The number of nitrogens with zero attached hydrogens (tertiary/aromatic N) is 4. The molecule has 0 saturated carbocycles. The first kappa shape index (κ1) is 21.8. The van der Waals surface area contributed by atoms with Crippen LogP contribution in [0.25, 0.3) is 0 Å². The molecular formula is C19H24N4O6S. The second-order valence-corrected chi connectivity index (χ2v) is 9.64. The van der Waals surface area contributed by atoms with Gasteiger partial charge < -0.3 is 9.64 Å². The van der Waals surface area contributed by atoms with E-state index < -0.39 is 14.8 Å². The maximum atomic E-state index is 12.5. The zero-order valence-electron chi connectivity index (χ0n) is 17.1. The average molecular weight is 436 g/mol. The summed E-state index contributed by atoms with van der Waals surface area (Å²) in [7, 11) is -1.42. The molecule has 0 bridgehead atoms. The zero-order valence-corrected chi connectivity index (χ0v) is 17.9. The Morgan fingerprint density at radius 1 is 1.37 bits per heavy atom. The molecule has 1 aliphatic rings. The quantitative estimate of drug-likeness (QED) is 0.479. The fourth-order valence-electron chi connectivity index (χ4n) is 3.55. The molecule has 30 heavy (non-hydrogen) atoms. The molecule has 11 heteroatoms. The molecule has 0 aliphatic carbocycles. The van der Waals surface area contributed by atoms with Crippen LogP contribution < -0.4 is 4.74 Å². The number of aryl methyl sites for hydroxylation is 1. The predicted molar refractivity (Wildman–Crippen MR) is 109 cm³/mol. The SMILES string of the molecule is Cc1nn(C2CCS(=O)(=O)C2)c(C)c1CN(C)C(=O)COc1ccccc1[N+](=O)[O-]. The highest BCUT2D eigenvalue weighted by molar-refractivity contribution is 7.91. The minimum absolute atomic E-state index is 0.0341. The Hall–Kier alpha value is -2.95. The number of likely N-dealkylation sites (N-methyl/N-ethyl adjacent to an activating group) is 1. The third-order valence-electron chi connectivity index (χ3n) is 5.26. The topological polar surface area (TPSA) is 125 Å². The van der Waals surface area contributed by atoms with Crippen molar-refractivity contribution in [1.82, 2.24) is 14.7 Å². The average Bonchev–Trinajstić information content (AvgIpc) is 3.19. The van der Waals surface area contributed by atoms with E-state index in [1.165, 1.54) is 23.1 Å². The van der Waals surface area contributed by atoms with Crippen molar-refractivity contribution in [3.8, 4) is 5.75 Å². The summed E-state index contributed by atoms with van der Waals surface area (Å²) in [5, 5.41) is 15.6. The van der Waals surface area contributed by atoms with Gasteiger partial charge in [-0.1, -0.05) is 12.1 Å². The normalized spacial score (nSPS) is 17.6. The number of amides is 1. The van der Waals surface area contributed by atoms with Gasteiger partial charge in [0.1, 0.15) is 0 Å². The monoisotopic (exact) mass is 436 g/mol. The lowest BCUT2D eigenvalue weighted by Crippen LogP contribution is -2.31. The van der Waals surface area contributed by atoms with Crippen LogP contribution in [0.5, 0.6) is 5.75 Å². The Kier molecular flexibility index (Phi) is 6.11. The summed E-state index contributed by atoms with van der Waals surface area (Å²) in [6.07, 6.45) is 0.530. The number of hydrogen-bond donors (Lipinski definition) is 0. The van der Waals surface area contributed by atoms with Crippen molar-refractivity contribution in [2.45, 2.75) is 32.9 Å². The van der Waals surface area contributed by atoms with E-state index in [9.17, 15) is 23.3 Å². The molecule has 1 aromatic heterocycles. The molecule has 3 rings (SSSR count). The summed E-state index contributed by atoms with van der Waals surface area (Å²) in [4.78, 5) is 24.4. The number of ether oxygens (including phenoxy) is 1. The number of aromatic nitrogens is 2. The molecule has 2 aromatic rings. The molecule has 1 atom stereocenters. The van der Waals surface area contributed by atoms with Crippen LogP contribution in [0.3, 0.4) is 0 Å². The van der Waals surface area contributed by atoms with Crippen molar-refractivity contribution in [3.63, 3.8) is 0 Å². The van der Waals surface area contributed by atoms with Gasteiger partial charge in [0.05, 0.1) is 28.2 Å². The van der Waals surface area contributed by atoms with Crippen LogP contribution in [0.1, 0.15) is 29.4 Å². The lowest BCUT2D eigenvalue weighted by atomic mass is 10.1. The van der Waals surface area contributed by atoms with Gasteiger partial charge in [-0.05, 0) is 26.3 Å². The predicted octanol–water partition coefficient (Wildman–Crippen LogP) is 1.81. The van der Waals surface area contributed by atoms with Crippen molar-refractivity contribution < 1.29 is 22.9 Å². The number of nitro benzene ring substituents is 1. The molecule has 162 valence electrons. The van der Waals surface area contributed by atoms with Crippen LogP contribution in [-0.4, -0.2) is 59.1 Å². The summed E-state index contributed by atoms with van der Waals surface area (Å²) >= 11 is 0. The van der Waals surface area contributed by atoms with Crippen LogP contribution in [0.2, 0.25) is 0 Å². The van der Waals surface area contributed by atoms with Gasteiger partial charge in [-0.15, -0.1) is 0 Å². The van der Waals surface area contributed by atoms with Gasteiger partial charge in [0.25, 0.3) is 5.91 Å². The van der Waals surface area contributed by atoms with Gasteiger partial charge in [0.15, 0.2) is 22.2 Å². The van der Waals surface area contributed by atoms with Crippen LogP contribution in [0.15, 0.2) is 24.3 Å². The Morgan fingerprint density at radius 2 is 2.07 bits per heavy atom. The summed E-state index contributed by atoms with van der Waals surface area (Å²) < 4.78 is 30.7. The van der Waals surface area contributed by atoms with Crippen LogP contribution in [0.4, 0.5) is 5.69 Å². The van der Waals surface area contributed by atoms with Gasteiger partial charge in [-0.2, -0.15) is 5.10 Å². The van der Waals surface area contributed by atoms with E-state index in [2.05, 4.69) is 5.10 Å². The smallest absolute Gasteiger partial charge is 0.310 e. The van der Waals surface area contributed by atoms with Gasteiger partial charge in [-0.25, -0.2) is 8.42 Å². The van der Waals surface area contributed by atoms with E-state index in [1.54, 1.807) is 17.8 Å². The van der Waals surface area contributed by atoms with E-state index in [0.29, 0.717) is 6.42 Å². The van der Waals surface area contributed by atoms with E-state index in [-0.39, 0.29) is 48.0 Å². The number of benzene rings is 1. The first-order chi connectivity index (χ1) is 14.1. The number of rotatable bonds is 7. The fourth-order valence-corrected chi connectivity index (χ4v) is 5.25. The van der Waals surface area contributed by atoms with E-state index in [4.69, 9.17) is 4.74 Å². The molecule has 1 amide bonds. The second kappa shape index (κ2) is 8.42. The molecule has 1 aromatic carbocycles. The molecule has 0 radical (unpaired) electrons. The van der Waals surface area contributed by atoms with Crippen LogP contribution in [0, 0.1) is 24.0 Å². The van der Waals surface area contributed by atoms with Gasteiger partial charge >= 0.3 is 5.69 Å². The third kappa shape index (κ3) is 4.61. The molecule has 0 N–H and O–H groups in total. The third-order valence-corrected chi connectivity index (χ3v) is 7.01. The molecule has 0 spiro atoms. The zero-order chi connectivity index (χ0) is 22.1. The Labute approximate surface area is 174 Å². The first-order valence-electron chi connectivity index (χ1n) is 9.44. The lowest BCUT2D eigenvalue weighted by molar-refractivity contribution is -0.385. The van der Waals surface area contributed by atoms with Crippen molar-refractivity contribution >= 4 is 21.4 Å². The summed E-state index contributed by atoms with van der Waals surface area (Å²) in [5.41, 5.74) is 2.21. The standard InChI is InChI=1S/C19H24N4O6S/c1-13-16(14(2)22(20-13)15-8-9-30(27,28)12-15)10-21(3)19(24)11-29-18-7-5-4-6-17(18)23(25)26/h4-7,15H,8-12H2,1-3H3. The molecule has 1 aliphatic heterocycles. The highest BCUT2D eigenvalue weighted by atomic mass is 32.2. The van der Waals surface area contributed by atoms with Crippen molar-refractivity contribution in [3.05, 3.63) is 51.3 Å². The molecule has 2 heterocycles. The number of sulfone groups is 1. The largest absolute Gasteiger partial charge is 0.477 e. The van der Waals surface area contributed by atoms with Crippen LogP contribution >= 0.6 is 0 Å². The number of carbonyl (C=O) groups excluding carboxylic acids is 1. The van der Waals surface area contributed by atoms with E-state index in [1.807, 2.05) is 13.8 Å². The minimum atomic E-state index is -3.03. The lowest BCUT2D eigenvalue weighted by Gasteiger charge is -2.18. The van der Waals surface area contributed by atoms with Crippen molar-refractivity contribution in [1.29, 1.82) is 0 Å². The minimum Gasteiger partial charge on any atom is -0.477 e. The second-order valence-electron chi connectivity index (χ2n) is 7.41. The number of hydrogen-bond acceptors (Lipinski definition) is 7. The first-order valence-corrected chi connectivity index (χ1v) is 11.3. The Bertz CT molecular complexity index is 1080. The van der Waals surface area contributed by atoms with Crippen molar-refractivity contribution in [2.24, 2.45) is 0 Å².